The van der Waals surface area contributed by atoms with Gasteiger partial charge < -0.3 is 5.32 Å². The van der Waals surface area contributed by atoms with Crippen LogP contribution in [-0.2, 0) is 21.7 Å². The van der Waals surface area contributed by atoms with Crippen LogP contribution >= 0.6 is 11.6 Å². The fourth-order valence-corrected chi connectivity index (χ4v) is 4.99. The largest absolute Gasteiger partial charge is 0.323 e. The molecule has 0 saturated carbocycles. The summed E-state index contributed by atoms with van der Waals surface area (Å²) in [6.45, 7) is 4.37. The molecule has 0 saturated heterocycles. The van der Waals surface area contributed by atoms with Crippen LogP contribution in [0.4, 0.5) is 11.6 Å². The van der Waals surface area contributed by atoms with Crippen LogP contribution in [0.15, 0.2) is 47.5 Å². The Labute approximate surface area is 186 Å². The number of benzene rings is 2. The van der Waals surface area contributed by atoms with Crippen LogP contribution in [-0.4, -0.2) is 24.6 Å². The average Bonchev–Trinajstić information content (AvgIpc) is 3.01. The lowest BCUT2D eigenvalue weighted by atomic mass is 9.84. The van der Waals surface area contributed by atoms with Crippen molar-refractivity contribution in [2.24, 2.45) is 0 Å². The van der Waals surface area contributed by atoms with Gasteiger partial charge in [0.15, 0.2) is 9.84 Å². The van der Waals surface area contributed by atoms with Gasteiger partial charge in [-0.25, -0.2) is 18.4 Å². The van der Waals surface area contributed by atoms with Gasteiger partial charge in [-0.1, -0.05) is 25.4 Å². The molecule has 1 aliphatic rings. The first kappa shape index (κ1) is 21.3. The minimum atomic E-state index is -3.47. The number of halogens is 1. The van der Waals surface area contributed by atoms with Crippen LogP contribution in [0.1, 0.15) is 37.0 Å². The van der Waals surface area contributed by atoms with Gasteiger partial charge in [-0.3, -0.25) is 0 Å². The molecular formula is C23H21ClN4O2S. The third-order valence-electron chi connectivity index (χ3n) is 5.64. The Morgan fingerprint density at radius 2 is 1.97 bits per heavy atom. The lowest BCUT2D eigenvalue weighted by Gasteiger charge is -2.20. The molecule has 1 aliphatic carbocycles. The summed E-state index contributed by atoms with van der Waals surface area (Å²) in [6.07, 6.45) is 4.62. The first-order valence-electron chi connectivity index (χ1n) is 9.76. The molecule has 0 atom stereocenters. The first-order valence-corrected chi connectivity index (χ1v) is 12.0. The minimum Gasteiger partial charge on any atom is -0.323 e. The van der Waals surface area contributed by atoms with E-state index in [0.717, 1.165) is 30.2 Å². The molecule has 0 bridgehead atoms. The van der Waals surface area contributed by atoms with Gasteiger partial charge in [0.25, 0.3) is 0 Å². The van der Waals surface area contributed by atoms with Crippen molar-refractivity contribution >= 4 is 33.1 Å². The van der Waals surface area contributed by atoms with Gasteiger partial charge in [0.1, 0.15) is 0 Å². The number of anilines is 2. The Morgan fingerprint density at radius 1 is 1.19 bits per heavy atom. The van der Waals surface area contributed by atoms with Crippen LogP contribution in [0.5, 0.6) is 0 Å². The number of aromatic nitrogens is 2. The second kappa shape index (κ2) is 7.63. The number of fused-ring (bicyclic) bond motifs is 1. The summed E-state index contributed by atoms with van der Waals surface area (Å²) < 4.78 is 24.3. The number of nitrogens with zero attached hydrogens (tertiary/aromatic N) is 3. The lowest BCUT2D eigenvalue weighted by molar-refractivity contribution is 0.522. The van der Waals surface area contributed by atoms with Crippen LogP contribution in [0.3, 0.4) is 0 Å². The van der Waals surface area contributed by atoms with E-state index in [9.17, 15) is 13.7 Å². The molecule has 0 spiro atoms. The summed E-state index contributed by atoms with van der Waals surface area (Å²) in [6, 6.07) is 12.5. The monoisotopic (exact) mass is 452 g/mol. The highest BCUT2D eigenvalue weighted by Gasteiger charge is 2.32. The Kier molecular flexibility index (Phi) is 5.24. The van der Waals surface area contributed by atoms with E-state index in [-0.39, 0.29) is 16.3 Å². The zero-order valence-corrected chi connectivity index (χ0v) is 19.0. The molecule has 1 aromatic heterocycles. The first-order chi connectivity index (χ1) is 14.6. The van der Waals surface area contributed by atoms with Gasteiger partial charge in [0.2, 0.25) is 5.95 Å². The van der Waals surface area contributed by atoms with E-state index in [0.29, 0.717) is 22.0 Å². The normalized spacial score (nSPS) is 14.7. The van der Waals surface area contributed by atoms with Crippen molar-refractivity contribution in [2.45, 2.75) is 37.0 Å². The van der Waals surface area contributed by atoms with E-state index in [1.807, 2.05) is 6.07 Å². The zero-order chi connectivity index (χ0) is 22.4. The molecule has 8 heteroatoms. The minimum absolute atomic E-state index is 0.00374. The van der Waals surface area contributed by atoms with Gasteiger partial charge in [-0.2, -0.15) is 5.26 Å². The number of sulfone groups is 1. The number of rotatable bonds is 4. The molecule has 0 aliphatic heterocycles. The third kappa shape index (κ3) is 4.14. The molecule has 2 aromatic carbocycles. The molecule has 0 amide bonds. The Morgan fingerprint density at radius 3 is 2.68 bits per heavy atom. The maximum atomic E-state index is 12.1. The summed E-state index contributed by atoms with van der Waals surface area (Å²) >= 11 is 6.07. The number of nitrogens with one attached hydrogen (secondary N) is 1. The van der Waals surface area contributed by atoms with E-state index in [1.165, 1.54) is 23.8 Å². The second-order valence-corrected chi connectivity index (χ2v) is 10.8. The molecule has 3 aromatic rings. The van der Waals surface area contributed by atoms with E-state index in [1.54, 1.807) is 12.3 Å². The van der Waals surface area contributed by atoms with E-state index < -0.39 is 9.84 Å². The highest BCUT2D eigenvalue weighted by atomic mass is 35.5. The summed E-state index contributed by atoms with van der Waals surface area (Å²) in [4.78, 5) is 8.91. The Bertz CT molecular complexity index is 1340. The maximum absolute atomic E-state index is 12.1. The molecule has 4 rings (SSSR count). The molecule has 158 valence electrons. The fourth-order valence-electron chi connectivity index (χ4n) is 3.99. The SMILES string of the molecule is CC1(C)CCc2c(C#N)cc(-c3ccnc(Nc4cc(Cl)ccc4S(C)(=O)=O)n3)cc21. The zero-order valence-electron chi connectivity index (χ0n) is 17.4. The number of hydrogen-bond donors (Lipinski definition) is 1. The summed E-state index contributed by atoms with van der Waals surface area (Å²) in [5, 5.41) is 13.0. The van der Waals surface area contributed by atoms with Crippen molar-refractivity contribution in [3.63, 3.8) is 0 Å². The van der Waals surface area contributed by atoms with Gasteiger partial charge >= 0.3 is 0 Å². The van der Waals surface area contributed by atoms with E-state index in [4.69, 9.17) is 11.6 Å². The molecule has 0 unspecified atom stereocenters. The number of hydrogen-bond acceptors (Lipinski definition) is 6. The van der Waals surface area contributed by atoms with E-state index >= 15 is 0 Å². The lowest BCUT2D eigenvalue weighted by Crippen LogP contribution is -2.12. The highest BCUT2D eigenvalue weighted by molar-refractivity contribution is 7.90. The Balaban J connectivity index is 1.77. The van der Waals surface area contributed by atoms with Crippen molar-refractivity contribution in [3.8, 4) is 17.3 Å². The molecule has 0 fully saturated rings. The highest BCUT2D eigenvalue weighted by Crippen LogP contribution is 2.42. The molecule has 6 nitrogen and oxygen atoms in total. The molecule has 31 heavy (non-hydrogen) atoms. The maximum Gasteiger partial charge on any atom is 0.227 e. The summed E-state index contributed by atoms with van der Waals surface area (Å²) in [5.41, 5.74) is 4.72. The molecule has 1 N–H and O–H groups in total. The fraction of sp³-hybridized carbons (Fsp3) is 0.261. The summed E-state index contributed by atoms with van der Waals surface area (Å²) in [5.74, 6) is 0.239. The third-order valence-corrected chi connectivity index (χ3v) is 7.03. The molecule has 1 heterocycles. The molecule has 0 radical (unpaired) electrons. The van der Waals surface area contributed by atoms with Crippen molar-refractivity contribution < 1.29 is 8.42 Å². The second-order valence-electron chi connectivity index (χ2n) is 8.35. The van der Waals surface area contributed by atoms with Crippen LogP contribution in [0, 0.1) is 11.3 Å². The molecular weight excluding hydrogens is 432 g/mol. The van der Waals surface area contributed by atoms with Crippen LogP contribution in [0.2, 0.25) is 5.02 Å². The smallest absolute Gasteiger partial charge is 0.227 e. The van der Waals surface area contributed by atoms with Crippen molar-refractivity contribution in [1.82, 2.24) is 9.97 Å². The van der Waals surface area contributed by atoms with Crippen LogP contribution in [0.25, 0.3) is 11.3 Å². The van der Waals surface area contributed by atoms with Gasteiger partial charge in [-0.05, 0) is 65.8 Å². The predicted molar refractivity (Wildman–Crippen MR) is 121 cm³/mol. The average molecular weight is 453 g/mol. The standard InChI is InChI=1S/C23H21ClN4O2S/c1-23(2)8-6-17-15(13-25)10-14(11-18(17)23)19-7-9-26-22(27-19)28-20-12-16(24)4-5-21(20)31(3,29)30/h4-5,7,9-12H,6,8H2,1-3H3,(H,26,27,28). The van der Waals surface area contributed by atoms with Gasteiger partial charge in [-0.15, -0.1) is 0 Å². The van der Waals surface area contributed by atoms with Crippen molar-refractivity contribution in [2.75, 3.05) is 11.6 Å². The van der Waals surface area contributed by atoms with E-state index in [2.05, 4.69) is 41.3 Å². The van der Waals surface area contributed by atoms with Crippen molar-refractivity contribution in [1.29, 1.82) is 5.26 Å². The van der Waals surface area contributed by atoms with Gasteiger partial charge in [0.05, 0.1) is 27.9 Å². The van der Waals surface area contributed by atoms with Crippen molar-refractivity contribution in [3.05, 3.63) is 64.3 Å². The quantitative estimate of drug-likeness (QED) is 0.595. The van der Waals surface area contributed by atoms with Gasteiger partial charge in [0, 0.05) is 23.0 Å². The Hall–Kier alpha value is -2.95. The number of nitriles is 1. The van der Waals surface area contributed by atoms with Crippen LogP contribution < -0.4 is 5.32 Å². The predicted octanol–water partition coefficient (Wildman–Crippen LogP) is 5.04. The summed E-state index contributed by atoms with van der Waals surface area (Å²) in [7, 11) is -3.47. The topological polar surface area (TPSA) is 95.7 Å².